The summed E-state index contributed by atoms with van der Waals surface area (Å²) in [6.07, 6.45) is 0. The number of halogens is 2. The molecule has 0 radical (unpaired) electrons. The standard InChI is InChI=1S/C14H19F2NO3/c1-9(2)8-17-14(3,12(18)19)10-5-4-6-11(7-10)20-13(15)16/h4-7,9,13,17H,8H2,1-3H3,(H,18,19). The highest BCUT2D eigenvalue weighted by Crippen LogP contribution is 2.26. The Morgan fingerprint density at radius 3 is 2.60 bits per heavy atom. The van der Waals surface area contributed by atoms with Crippen molar-refractivity contribution in [3.8, 4) is 5.75 Å². The fourth-order valence-electron chi connectivity index (χ4n) is 1.69. The second-order valence-corrected chi connectivity index (χ2v) is 5.11. The van der Waals surface area contributed by atoms with Crippen LogP contribution in [-0.2, 0) is 10.3 Å². The molecule has 0 aliphatic rings. The van der Waals surface area contributed by atoms with Gasteiger partial charge in [-0.2, -0.15) is 8.78 Å². The molecule has 0 aromatic heterocycles. The van der Waals surface area contributed by atoms with Crippen LogP contribution in [0, 0.1) is 5.92 Å². The predicted molar refractivity (Wildman–Crippen MR) is 70.9 cm³/mol. The number of carbonyl (C=O) groups is 1. The van der Waals surface area contributed by atoms with Gasteiger partial charge in [0.25, 0.3) is 0 Å². The van der Waals surface area contributed by atoms with E-state index < -0.39 is 18.1 Å². The van der Waals surface area contributed by atoms with E-state index in [1.807, 2.05) is 13.8 Å². The molecule has 0 saturated carbocycles. The lowest BCUT2D eigenvalue weighted by atomic mass is 9.91. The van der Waals surface area contributed by atoms with E-state index in [4.69, 9.17) is 0 Å². The van der Waals surface area contributed by atoms with Crippen molar-refractivity contribution in [1.82, 2.24) is 5.32 Å². The van der Waals surface area contributed by atoms with E-state index >= 15 is 0 Å². The zero-order chi connectivity index (χ0) is 15.3. The number of hydrogen-bond donors (Lipinski definition) is 2. The Kier molecular flexibility index (Phi) is 5.44. The van der Waals surface area contributed by atoms with Crippen LogP contribution in [0.5, 0.6) is 5.75 Å². The molecule has 1 atom stereocenters. The maximum Gasteiger partial charge on any atom is 0.387 e. The van der Waals surface area contributed by atoms with Crippen LogP contribution in [0.15, 0.2) is 24.3 Å². The van der Waals surface area contributed by atoms with Crippen LogP contribution in [0.4, 0.5) is 8.78 Å². The van der Waals surface area contributed by atoms with Gasteiger partial charge in [-0.1, -0.05) is 26.0 Å². The Balaban J connectivity index is 3.05. The molecule has 0 aliphatic carbocycles. The highest BCUT2D eigenvalue weighted by molar-refractivity contribution is 5.80. The summed E-state index contributed by atoms with van der Waals surface area (Å²) in [6, 6.07) is 5.74. The molecule has 2 N–H and O–H groups in total. The summed E-state index contributed by atoms with van der Waals surface area (Å²) in [5.74, 6) is -0.877. The molecule has 4 nitrogen and oxygen atoms in total. The molecule has 0 fully saturated rings. The van der Waals surface area contributed by atoms with E-state index in [0.29, 0.717) is 12.1 Å². The lowest BCUT2D eigenvalue weighted by Crippen LogP contribution is -2.48. The normalized spacial score (nSPS) is 14.3. The van der Waals surface area contributed by atoms with Gasteiger partial charge >= 0.3 is 12.6 Å². The first-order chi connectivity index (χ1) is 9.25. The van der Waals surface area contributed by atoms with E-state index in [2.05, 4.69) is 10.1 Å². The Bertz CT molecular complexity index is 465. The van der Waals surface area contributed by atoms with Gasteiger partial charge in [0.1, 0.15) is 11.3 Å². The summed E-state index contributed by atoms with van der Waals surface area (Å²) in [7, 11) is 0. The summed E-state index contributed by atoms with van der Waals surface area (Å²) in [6.45, 7) is 2.95. The van der Waals surface area contributed by atoms with Crippen molar-refractivity contribution in [2.24, 2.45) is 5.92 Å². The van der Waals surface area contributed by atoms with Crippen LogP contribution < -0.4 is 10.1 Å². The highest BCUT2D eigenvalue weighted by atomic mass is 19.3. The fraction of sp³-hybridized carbons (Fsp3) is 0.500. The van der Waals surface area contributed by atoms with Crippen molar-refractivity contribution >= 4 is 5.97 Å². The quantitative estimate of drug-likeness (QED) is 0.809. The molecular formula is C14H19F2NO3. The summed E-state index contributed by atoms with van der Waals surface area (Å²) in [5, 5.41) is 12.4. The lowest BCUT2D eigenvalue weighted by Gasteiger charge is -2.28. The van der Waals surface area contributed by atoms with E-state index in [0.717, 1.165) is 0 Å². The molecule has 1 unspecified atom stereocenters. The Morgan fingerprint density at radius 2 is 2.10 bits per heavy atom. The van der Waals surface area contributed by atoms with Crippen LogP contribution in [0.3, 0.4) is 0 Å². The van der Waals surface area contributed by atoms with Crippen LogP contribution in [0.25, 0.3) is 0 Å². The van der Waals surface area contributed by atoms with Crippen LogP contribution in [0.2, 0.25) is 0 Å². The Hall–Kier alpha value is -1.69. The smallest absolute Gasteiger partial charge is 0.387 e. The number of carboxylic acid groups (broad SMARTS) is 1. The number of nitrogens with one attached hydrogen (secondary N) is 1. The topological polar surface area (TPSA) is 58.6 Å². The van der Waals surface area contributed by atoms with Gasteiger partial charge in [-0.15, -0.1) is 0 Å². The minimum atomic E-state index is -2.94. The molecule has 112 valence electrons. The molecule has 0 bridgehead atoms. The monoisotopic (exact) mass is 287 g/mol. The third-order valence-corrected chi connectivity index (χ3v) is 2.93. The summed E-state index contributed by atoms with van der Waals surface area (Å²) >= 11 is 0. The number of aliphatic carboxylic acids is 1. The molecule has 0 heterocycles. The molecular weight excluding hydrogens is 268 g/mol. The lowest BCUT2D eigenvalue weighted by molar-refractivity contribution is -0.144. The zero-order valence-electron chi connectivity index (χ0n) is 11.7. The van der Waals surface area contributed by atoms with Gasteiger partial charge in [-0.3, -0.25) is 5.32 Å². The van der Waals surface area contributed by atoms with Crippen LogP contribution in [0.1, 0.15) is 26.3 Å². The van der Waals surface area contributed by atoms with Gasteiger partial charge in [0.2, 0.25) is 0 Å². The zero-order valence-corrected chi connectivity index (χ0v) is 11.7. The number of alkyl halides is 2. The minimum Gasteiger partial charge on any atom is -0.480 e. The number of benzene rings is 1. The molecule has 1 rings (SSSR count). The first-order valence-corrected chi connectivity index (χ1v) is 6.29. The SMILES string of the molecule is CC(C)CNC(C)(C(=O)O)c1cccc(OC(F)F)c1. The summed E-state index contributed by atoms with van der Waals surface area (Å²) < 4.78 is 28.7. The first kappa shape index (κ1) is 16.4. The molecule has 0 amide bonds. The van der Waals surface area contributed by atoms with Crippen LogP contribution in [-0.4, -0.2) is 24.2 Å². The Labute approximate surface area is 116 Å². The van der Waals surface area contributed by atoms with Crippen molar-refractivity contribution in [2.45, 2.75) is 32.9 Å². The summed E-state index contributed by atoms with van der Waals surface area (Å²) in [5.41, 5.74) is -0.991. The van der Waals surface area contributed by atoms with E-state index in [1.165, 1.54) is 25.1 Å². The predicted octanol–water partition coefficient (Wildman–Crippen LogP) is 2.83. The fourth-order valence-corrected chi connectivity index (χ4v) is 1.69. The van der Waals surface area contributed by atoms with Gasteiger partial charge in [-0.05, 0) is 37.1 Å². The highest BCUT2D eigenvalue weighted by Gasteiger charge is 2.35. The molecule has 6 heteroatoms. The minimum absolute atomic E-state index is 0.0590. The third kappa shape index (κ3) is 4.16. The third-order valence-electron chi connectivity index (χ3n) is 2.93. The van der Waals surface area contributed by atoms with Gasteiger partial charge in [-0.25, -0.2) is 4.79 Å². The van der Waals surface area contributed by atoms with Crippen molar-refractivity contribution in [2.75, 3.05) is 6.54 Å². The van der Waals surface area contributed by atoms with Crippen molar-refractivity contribution in [1.29, 1.82) is 0 Å². The van der Waals surface area contributed by atoms with E-state index in [9.17, 15) is 18.7 Å². The van der Waals surface area contributed by atoms with Crippen molar-refractivity contribution < 1.29 is 23.4 Å². The number of hydrogen-bond acceptors (Lipinski definition) is 3. The number of ether oxygens (including phenoxy) is 1. The van der Waals surface area contributed by atoms with Crippen molar-refractivity contribution in [3.05, 3.63) is 29.8 Å². The molecule has 0 spiro atoms. The van der Waals surface area contributed by atoms with E-state index in [1.54, 1.807) is 6.07 Å². The van der Waals surface area contributed by atoms with Gasteiger partial charge in [0.15, 0.2) is 0 Å². The van der Waals surface area contributed by atoms with E-state index in [-0.39, 0.29) is 11.7 Å². The molecule has 0 aliphatic heterocycles. The number of rotatable bonds is 7. The number of carboxylic acids is 1. The maximum atomic E-state index is 12.2. The Morgan fingerprint density at radius 1 is 1.45 bits per heavy atom. The van der Waals surface area contributed by atoms with Crippen molar-refractivity contribution in [3.63, 3.8) is 0 Å². The largest absolute Gasteiger partial charge is 0.480 e. The van der Waals surface area contributed by atoms with Gasteiger partial charge in [0, 0.05) is 0 Å². The van der Waals surface area contributed by atoms with Crippen LogP contribution >= 0.6 is 0 Å². The molecule has 20 heavy (non-hydrogen) atoms. The van der Waals surface area contributed by atoms with Gasteiger partial charge in [0.05, 0.1) is 0 Å². The first-order valence-electron chi connectivity index (χ1n) is 6.29. The van der Waals surface area contributed by atoms with Gasteiger partial charge < -0.3 is 9.84 Å². The molecule has 0 saturated heterocycles. The maximum absolute atomic E-state index is 12.2. The summed E-state index contributed by atoms with van der Waals surface area (Å²) in [4.78, 5) is 11.5. The second kappa shape index (κ2) is 6.65. The average Bonchev–Trinajstić information content (AvgIpc) is 2.35. The second-order valence-electron chi connectivity index (χ2n) is 5.11. The molecule has 1 aromatic carbocycles. The average molecular weight is 287 g/mol. The molecule has 1 aromatic rings.